The van der Waals surface area contributed by atoms with Crippen molar-refractivity contribution < 1.29 is 4.79 Å². The second kappa shape index (κ2) is 8.29. The Labute approximate surface area is 138 Å². The molecule has 0 aromatic carbocycles. The summed E-state index contributed by atoms with van der Waals surface area (Å²) in [4.78, 5) is 18.9. The first-order valence-corrected chi connectivity index (χ1v) is 9.01. The minimum absolute atomic E-state index is 0.126. The van der Waals surface area contributed by atoms with Crippen LogP contribution in [0.1, 0.15) is 50.5 Å². The van der Waals surface area contributed by atoms with Crippen LogP contribution < -0.4 is 15.5 Å². The van der Waals surface area contributed by atoms with Crippen LogP contribution in [0.5, 0.6) is 0 Å². The van der Waals surface area contributed by atoms with E-state index in [-0.39, 0.29) is 5.91 Å². The molecule has 2 saturated heterocycles. The molecule has 5 nitrogen and oxygen atoms in total. The van der Waals surface area contributed by atoms with Gasteiger partial charge in [0.1, 0.15) is 5.82 Å². The van der Waals surface area contributed by atoms with Gasteiger partial charge in [0.05, 0.1) is 0 Å². The van der Waals surface area contributed by atoms with Crippen LogP contribution in [-0.4, -0.2) is 36.6 Å². The van der Waals surface area contributed by atoms with Crippen LogP contribution in [0.15, 0.2) is 18.3 Å². The SMILES string of the molecule is O=C(CC1CCCN1)NCc1ccc(N2CCCCCC2)nc1. The van der Waals surface area contributed by atoms with Crippen LogP contribution in [0.4, 0.5) is 5.82 Å². The molecule has 1 aromatic heterocycles. The highest BCUT2D eigenvalue weighted by molar-refractivity contribution is 5.76. The Morgan fingerprint density at radius 2 is 2.04 bits per heavy atom. The van der Waals surface area contributed by atoms with Gasteiger partial charge >= 0.3 is 0 Å². The van der Waals surface area contributed by atoms with E-state index >= 15 is 0 Å². The van der Waals surface area contributed by atoms with Crippen molar-refractivity contribution in [2.45, 2.75) is 57.5 Å². The van der Waals surface area contributed by atoms with Crippen LogP contribution in [-0.2, 0) is 11.3 Å². The van der Waals surface area contributed by atoms with Crippen LogP contribution in [0.25, 0.3) is 0 Å². The number of hydrogen-bond donors (Lipinski definition) is 2. The van der Waals surface area contributed by atoms with E-state index < -0.39 is 0 Å². The molecule has 1 aromatic rings. The summed E-state index contributed by atoms with van der Waals surface area (Å²) >= 11 is 0. The van der Waals surface area contributed by atoms with E-state index in [1.165, 1.54) is 32.1 Å². The largest absolute Gasteiger partial charge is 0.357 e. The fraction of sp³-hybridized carbons (Fsp3) is 0.667. The first-order chi connectivity index (χ1) is 11.3. The Balaban J connectivity index is 1.46. The van der Waals surface area contributed by atoms with Gasteiger partial charge in [0, 0.05) is 38.3 Å². The number of rotatable bonds is 5. The highest BCUT2D eigenvalue weighted by atomic mass is 16.1. The summed E-state index contributed by atoms with van der Waals surface area (Å²) in [5, 5.41) is 6.36. The summed E-state index contributed by atoms with van der Waals surface area (Å²) in [7, 11) is 0. The first kappa shape index (κ1) is 16.2. The Hall–Kier alpha value is -1.62. The van der Waals surface area contributed by atoms with Gasteiger partial charge in [-0.25, -0.2) is 4.98 Å². The summed E-state index contributed by atoms with van der Waals surface area (Å²) in [5.41, 5.74) is 1.07. The monoisotopic (exact) mass is 316 g/mol. The minimum Gasteiger partial charge on any atom is -0.357 e. The van der Waals surface area contributed by atoms with Crippen molar-refractivity contribution in [3.05, 3.63) is 23.9 Å². The number of anilines is 1. The quantitative estimate of drug-likeness (QED) is 0.874. The van der Waals surface area contributed by atoms with E-state index in [4.69, 9.17) is 0 Å². The molecule has 1 atom stereocenters. The second-order valence-electron chi connectivity index (χ2n) is 6.70. The molecule has 3 heterocycles. The zero-order valence-electron chi connectivity index (χ0n) is 13.9. The number of hydrogen-bond acceptors (Lipinski definition) is 4. The summed E-state index contributed by atoms with van der Waals surface area (Å²) in [6.07, 6.45) is 9.95. The van der Waals surface area contributed by atoms with Crippen molar-refractivity contribution in [1.82, 2.24) is 15.6 Å². The number of aromatic nitrogens is 1. The molecule has 126 valence electrons. The maximum Gasteiger partial charge on any atom is 0.221 e. The van der Waals surface area contributed by atoms with Crippen LogP contribution >= 0.6 is 0 Å². The van der Waals surface area contributed by atoms with Gasteiger partial charge in [-0.15, -0.1) is 0 Å². The van der Waals surface area contributed by atoms with Gasteiger partial charge in [0.25, 0.3) is 0 Å². The molecule has 5 heteroatoms. The van der Waals surface area contributed by atoms with E-state index in [1.54, 1.807) is 0 Å². The summed E-state index contributed by atoms with van der Waals surface area (Å²) in [6.45, 7) is 3.83. The maximum atomic E-state index is 11.9. The third-order valence-corrected chi connectivity index (χ3v) is 4.82. The Kier molecular flexibility index (Phi) is 5.86. The number of carbonyl (C=O) groups excluding carboxylic acids is 1. The predicted molar refractivity (Wildman–Crippen MR) is 92.4 cm³/mol. The topological polar surface area (TPSA) is 57.3 Å². The van der Waals surface area contributed by atoms with Gasteiger partial charge in [-0.05, 0) is 43.9 Å². The average Bonchev–Trinajstić information content (AvgIpc) is 2.93. The summed E-state index contributed by atoms with van der Waals surface area (Å²) in [5.74, 6) is 1.19. The number of pyridine rings is 1. The molecule has 1 unspecified atom stereocenters. The van der Waals surface area contributed by atoms with Crippen LogP contribution in [0.3, 0.4) is 0 Å². The number of carbonyl (C=O) groups is 1. The van der Waals surface area contributed by atoms with Crippen LogP contribution in [0.2, 0.25) is 0 Å². The molecule has 2 aliphatic heterocycles. The molecule has 0 saturated carbocycles. The lowest BCUT2D eigenvalue weighted by molar-refractivity contribution is -0.121. The molecule has 0 bridgehead atoms. The van der Waals surface area contributed by atoms with Gasteiger partial charge in [0.2, 0.25) is 5.91 Å². The molecule has 2 fully saturated rings. The Morgan fingerprint density at radius 1 is 1.22 bits per heavy atom. The van der Waals surface area contributed by atoms with Crippen molar-refractivity contribution in [3.63, 3.8) is 0 Å². The smallest absolute Gasteiger partial charge is 0.221 e. The normalized spacial score (nSPS) is 21.9. The van der Waals surface area contributed by atoms with Crippen molar-refractivity contribution in [1.29, 1.82) is 0 Å². The van der Waals surface area contributed by atoms with Gasteiger partial charge in [0.15, 0.2) is 0 Å². The van der Waals surface area contributed by atoms with Gasteiger partial charge in [-0.1, -0.05) is 18.9 Å². The molecule has 2 N–H and O–H groups in total. The molecule has 2 aliphatic rings. The van der Waals surface area contributed by atoms with Crippen molar-refractivity contribution in [2.24, 2.45) is 0 Å². The standard InChI is InChI=1S/C18H28N4O/c23-18(12-16-6-5-9-19-16)21-14-15-7-8-17(20-13-15)22-10-3-1-2-4-11-22/h7-8,13,16,19H,1-6,9-12,14H2,(H,21,23). The lowest BCUT2D eigenvalue weighted by Crippen LogP contribution is -2.31. The first-order valence-electron chi connectivity index (χ1n) is 9.01. The van der Waals surface area contributed by atoms with E-state index in [0.29, 0.717) is 19.0 Å². The lowest BCUT2D eigenvalue weighted by Gasteiger charge is -2.21. The van der Waals surface area contributed by atoms with Crippen molar-refractivity contribution in [2.75, 3.05) is 24.5 Å². The lowest BCUT2D eigenvalue weighted by atomic mass is 10.1. The summed E-state index contributed by atoms with van der Waals surface area (Å²) in [6, 6.07) is 4.53. The summed E-state index contributed by atoms with van der Waals surface area (Å²) < 4.78 is 0. The Bertz CT molecular complexity index is 488. The third-order valence-electron chi connectivity index (χ3n) is 4.82. The minimum atomic E-state index is 0.126. The highest BCUT2D eigenvalue weighted by Gasteiger charge is 2.17. The fourth-order valence-electron chi connectivity index (χ4n) is 3.44. The van der Waals surface area contributed by atoms with Crippen molar-refractivity contribution >= 4 is 11.7 Å². The molecule has 23 heavy (non-hydrogen) atoms. The Morgan fingerprint density at radius 3 is 2.70 bits per heavy atom. The zero-order chi connectivity index (χ0) is 15.9. The molecule has 3 rings (SSSR count). The zero-order valence-corrected chi connectivity index (χ0v) is 13.9. The molecular weight excluding hydrogens is 288 g/mol. The third kappa shape index (κ3) is 4.93. The molecule has 0 radical (unpaired) electrons. The molecule has 0 aliphatic carbocycles. The number of nitrogens with zero attached hydrogens (tertiary/aromatic N) is 2. The molecule has 0 spiro atoms. The maximum absolute atomic E-state index is 11.9. The van der Waals surface area contributed by atoms with Gasteiger partial charge in [-0.2, -0.15) is 0 Å². The van der Waals surface area contributed by atoms with Crippen LogP contribution in [0, 0.1) is 0 Å². The highest BCUT2D eigenvalue weighted by Crippen LogP contribution is 2.17. The number of nitrogens with one attached hydrogen (secondary N) is 2. The van der Waals surface area contributed by atoms with Gasteiger partial charge in [-0.3, -0.25) is 4.79 Å². The van der Waals surface area contributed by atoms with Gasteiger partial charge < -0.3 is 15.5 Å². The predicted octanol–water partition coefficient (Wildman–Crippen LogP) is 2.22. The van der Waals surface area contributed by atoms with Crippen molar-refractivity contribution in [3.8, 4) is 0 Å². The molecule has 1 amide bonds. The number of amides is 1. The van der Waals surface area contributed by atoms with E-state index in [9.17, 15) is 4.79 Å². The fourth-order valence-corrected chi connectivity index (χ4v) is 3.44. The van der Waals surface area contributed by atoms with E-state index in [1.807, 2.05) is 6.20 Å². The van der Waals surface area contributed by atoms with E-state index in [2.05, 4.69) is 32.7 Å². The second-order valence-corrected chi connectivity index (χ2v) is 6.70. The average molecular weight is 316 g/mol. The molecular formula is C18H28N4O. The van der Waals surface area contributed by atoms with E-state index in [0.717, 1.165) is 37.4 Å².